The number of rotatable bonds is 6. The zero-order valence-corrected chi connectivity index (χ0v) is 9.68. The Kier molecular flexibility index (Phi) is 4.78. The average Bonchev–Trinajstić information content (AvgIpc) is 2.61. The molecular weight excluding hydrogens is 192 g/mol. The molecule has 0 aliphatic rings. The van der Waals surface area contributed by atoms with Gasteiger partial charge in [-0.15, -0.1) is 0 Å². The van der Waals surface area contributed by atoms with Crippen LogP contribution in [0.4, 0.5) is 0 Å². The van der Waals surface area contributed by atoms with Crippen molar-refractivity contribution in [1.82, 2.24) is 9.55 Å². The first-order valence-electron chi connectivity index (χ1n) is 5.30. The Labute approximate surface area is 90.9 Å². The third-order valence-corrected chi connectivity index (χ3v) is 2.65. The number of methoxy groups -OCH3 is 1. The molecule has 0 radical (unpaired) electrons. The third-order valence-electron chi connectivity index (χ3n) is 2.65. The topological polar surface area (TPSA) is 47.3 Å². The van der Waals surface area contributed by atoms with Crippen LogP contribution in [-0.4, -0.2) is 34.0 Å². The minimum Gasteiger partial charge on any atom is -0.393 e. The number of imidazole rings is 1. The predicted octanol–water partition coefficient (Wildman–Crippen LogP) is 1.14. The first-order chi connectivity index (χ1) is 7.13. The van der Waals surface area contributed by atoms with Gasteiger partial charge >= 0.3 is 0 Å². The summed E-state index contributed by atoms with van der Waals surface area (Å²) in [6.07, 6.45) is 5.76. The monoisotopic (exact) mass is 212 g/mol. The van der Waals surface area contributed by atoms with Gasteiger partial charge < -0.3 is 14.4 Å². The van der Waals surface area contributed by atoms with Gasteiger partial charge in [0.2, 0.25) is 0 Å². The van der Waals surface area contributed by atoms with Crippen molar-refractivity contribution < 1.29 is 9.84 Å². The van der Waals surface area contributed by atoms with E-state index in [1.807, 2.05) is 24.7 Å². The quantitative estimate of drug-likeness (QED) is 0.769. The summed E-state index contributed by atoms with van der Waals surface area (Å²) in [5.41, 5.74) is 0. The molecule has 15 heavy (non-hydrogen) atoms. The second kappa shape index (κ2) is 5.88. The van der Waals surface area contributed by atoms with Crippen molar-refractivity contribution in [3.05, 3.63) is 18.2 Å². The second-order valence-electron chi connectivity index (χ2n) is 3.94. The normalized spacial score (nSPS) is 15.2. The highest BCUT2D eigenvalue weighted by Gasteiger charge is 2.10. The van der Waals surface area contributed by atoms with Gasteiger partial charge in [0, 0.05) is 33.0 Å². The van der Waals surface area contributed by atoms with E-state index in [0.717, 1.165) is 18.7 Å². The van der Waals surface area contributed by atoms with Gasteiger partial charge in [-0.3, -0.25) is 0 Å². The maximum absolute atomic E-state index is 9.78. The van der Waals surface area contributed by atoms with Crippen molar-refractivity contribution in [2.75, 3.05) is 7.11 Å². The molecule has 0 aliphatic heterocycles. The molecule has 1 aromatic heterocycles. The summed E-state index contributed by atoms with van der Waals surface area (Å²) in [6.45, 7) is 2.01. The molecule has 0 spiro atoms. The molecule has 1 rings (SSSR count). The van der Waals surface area contributed by atoms with Crippen molar-refractivity contribution in [2.24, 2.45) is 7.05 Å². The van der Waals surface area contributed by atoms with Crippen LogP contribution < -0.4 is 0 Å². The summed E-state index contributed by atoms with van der Waals surface area (Å²) in [5.74, 6) is 0.924. The summed E-state index contributed by atoms with van der Waals surface area (Å²) in [4.78, 5) is 4.17. The highest BCUT2D eigenvalue weighted by atomic mass is 16.5. The number of ether oxygens (including phenoxy) is 1. The SMILES string of the molecule is COC(C)CCC(O)Cc1nccn1C. The number of aryl methyl sites for hydroxylation is 1. The number of hydrogen-bond donors (Lipinski definition) is 1. The first-order valence-corrected chi connectivity index (χ1v) is 5.30. The molecule has 0 bridgehead atoms. The fourth-order valence-corrected chi connectivity index (χ4v) is 1.45. The smallest absolute Gasteiger partial charge is 0.110 e. The van der Waals surface area contributed by atoms with Crippen molar-refractivity contribution in [2.45, 2.75) is 38.4 Å². The minimum atomic E-state index is -0.330. The summed E-state index contributed by atoms with van der Waals surface area (Å²) >= 11 is 0. The maximum atomic E-state index is 9.78. The van der Waals surface area contributed by atoms with E-state index in [-0.39, 0.29) is 12.2 Å². The molecule has 2 atom stereocenters. The molecule has 2 unspecified atom stereocenters. The number of hydrogen-bond acceptors (Lipinski definition) is 3. The van der Waals surface area contributed by atoms with Crippen LogP contribution in [0.3, 0.4) is 0 Å². The van der Waals surface area contributed by atoms with Crippen molar-refractivity contribution in [3.63, 3.8) is 0 Å². The molecule has 0 amide bonds. The Balaban J connectivity index is 2.30. The lowest BCUT2D eigenvalue weighted by Crippen LogP contribution is -2.16. The molecule has 86 valence electrons. The van der Waals surface area contributed by atoms with Gasteiger partial charge in [-0.05, 0) is 19.8 Å². The predicted molar refractivity (Wildman–Crippen MR) is 58.6 cm³/mol. The van der Waals surface area contributed by atoms with Gasteiger partial charge in [-0.2, -0.15) is 0 Å². The third kappa shape index (κ3) is 4.01. The maximum Gasteiger partial charge on any atom is 0.110 e. The van der Waals surface area contributed by atoms with Gasteiger partial charge in [-0.1, -0.05) is 0 Å². The van der Waals surface area contributed by atoms with Crippen LogP contribution >= 0.6 is 0 Å². The standard InChI is InChI=1S/C11H20N2O2/c1-9(15-3)4-5-10(14)8-11-12-6-7-13(11)2/h6-7,9-10,14H,4-5,8H2,1-3H3. The summed E-state index contributed by atoms with van der Waals surface area (Å²) in [7, 11) is 3.63. The van der Waals surface area contributed by atoms with E-state index in [9.17, 15) is 5.11 Å². The van der Waals surface area contributed by atoms with Crippen LogP contribution in [0.1, 0.15) is 25.6 Å². The molecule has 1 aromatic rings. The summed E-state index contributed by atoms with van der Waals surface area (Å²) in [6, 6.07) is 0. The number of aromatic nitrogens is 2. The zero-order chi connectivity index (χ0) is 11.3. The molecular formula is C11H20N2O2. The molecule has 0 aliphatic carbocycles. The molecule has 1 N–H and O–H groups in total. The molecule has 4 nitrogen and oxygen atoms in total. The van der Waals surface area contributed by atoms with E-state index in [1.165, 1.54) is 0 Å². The minimum absolute atomic E-state index is 0.209. The van der Waals surface area contributed by atoms with Gasteiger partial charge in [-0.25, -0.2) is 4.98 Å². The fraction of sp³-hybridized carbons (Fsp3) is 0.727. The lowest BCUT2D eigenvalue weighted by molar-refractivity contribution is 0.0844. The van der Waals surface area contributed by atoms with Gasteiger partial charge in [0.1, 0.15) is 5.82 Å². The Morgan fingerprint density at radius 2 is 2.27 bits per heavy atom. The molecule has 0 aromatic carbocycles. The molecule has 0 saturated carbocycles. The van der Waals surface area contributed by atoms with E-state index in [4.69, 9.17) is 4.74 Å². The molecule has 0 fully saturated rings. The van der Waals surface area contributed by atoms with E-state index >= 15 is 0 Å². The molecule has 1 heterocycles. The highest BCUT2D eigenvalue weighted by Crippen LogP contribution is 2.08. The van der Waals surface area contributed by atoms with Crippen molar-refractivity contribution in [3.8, 4) is 0 Å². The van der Waals surface area contributed by atoms with Gasteiger partial charge in [0.05, 0.1) is 12.2 Å². The molecule has 0 saturated heterocycles. The van der Waals surface area contributed by atoms with Crippen molar-refractivity contribution >= 4 is 0 Å². The van der Waals surface area contributed by atoms with E-state index in [2.05, 4.69) is 4.98 Å². The Morgan fingerprint density at radius 3 is 2.80 bits per heavy atom. The van der Waals surface area contributed by atoms with Crippen LogP contribution in [0.2, 0.25) is 0 Å². The second-order valence-corrected chi connectivity index (χ2v) is 3.94. The zero-order valence-electron chi connectivity index (χ0n) is 9.68. The van der Waals surface area contributed by atoms with E-state index in [1.54, 1.807) is 13.3 Å². The Bertz CT molecular complexity index is 286. The Morgan fingerprint density at radius 1 is 1.53 bits per heavy atom. The van der Waals surface area contributed by atoms with E-state index < -0.39 is 0 Å². The number of aliphatic hydroxyl groups is 1. The van der Waals surface area contributed by atoms with Crippen LogP contribution in [0, 0.1) is 0 Å². The average molecular weight is 212 g/mol. The number of aliphatic hydroxyl groups excluding tert-OH is 1. The van der Waals surface area contributed by atoms with E-state index in [0.29, 0.717) is 6.42 Å². The van der Waals surface area contributed by atoms with Gasteiger partial charge in [0.15, 0.2) is 0 Å². The summed E-state index contributed by atoms with van der Waals surface area (Å²) < 4.78 is 7.06. The first kappa shape index (κ1) is 12.2. The number of nitrogens with zero attached hydrogens (tertiary/aromatic N) is 2. The highest BCUT2D eigenvalue weighted by molar-refractivity contribution is 4.92. The van der Waals surface area contributed by atoms with Crippen LogP contribution in [0.25, 0.3) is 0 Å². The van der Waals surface area contributed by atoms with Crippen molar-refractivity contribution in [1.29, 1.82) is 0 Å². The lowest BCUT2D eigenvalue weighted by Gasteiger charge is -2.13. The van der Waals surface area contributed by atoms with Crippen LogP contribution in [0.5, 0.6) is 0 Å². The Hall–Kier alpha value is -0.870. The largest absolute Gasteiger partial charge is 0.393 e. The van der Waals surface area contributed by atoms with Crippen LogP contribution in [-0.2, 0) is 18.2 Å². The fourth-order valence-electron chi connectivity index (χ4n) is 1.45. The van der Waals surface area contributed by atoms with Crippen LogP contribution in [0.15, 0.2) is 12.4 Å². The lowest BCUT2D eigenvalue weighted by atomic mass is 10.1. The molecule has 4 heteroatoms. The van der Waals surface area contributed by atoms with Gasteiger partial charge in [0.25, 0.3) is 0 Å². The summed E-state index contributed by atoms with van der Waals surface area (Å²) in [5, 5.41) is 9.78.